The fourth-order valence-electron chi connectivity index (χ4n) is 1.95. The van der Waals surface area contributed by atoms with Gasteiger partial charge in [0, 0.05) is 12.8 Å². The summed E-state index contributed by atoms with van der Waals surface area (Å²) in [5, 5.41) is 0.883. The van der Waals surface area contributed by atoms with Gasteiger partial charge in [-0.1, -0.05) is 13.8 Å². The number of hydrogen-bond donors (Lipinski definition) is 0. The van der Waals surface area contributed by atoms with Crippen molar-refractivity contribution in [3.63, 3.8) is 0 Å². The molecular weight excluding hydrogens is 250 g/mol. The molecule has 1 atom stereocenters. The van der Waals surface area contributed by atoms with E-state index >= 15 is 0 Å². The maximum absolute atomic E-state index is 11.8. The van der Waals surface area contributed by atoms with Crippen molar-refractivity contribution in [1.82, 2.24) is 4.98 Å². The molecule has 0 saturated heterocycles. The number of ketones is 1. The van der Waals surface area contributed by atoms with Crippen molar-refractivity contribution in [3.05, 3.63) is 15.6 Å². The van der Waals surface area contributed by atoms with Crippen LogP contribution in [-0.2, 0) is 4.74 Å². The van der Waals surface area contributed by atoms with E-state index in [0.29, 0.717) is 10.8 Å². The number of aromatic nitrogens is 1. The summed E-state index contributed by atoms with van der Waals surface area (Å²) in [6, 6.07) is 0. The predicted octanol–water partition coefficient (Wildman–Crippen LogP) is 3.04. The normalized spacial score (nSPS) is 20.6. The van der Waals surface area contributed by atoms with E-state index in [4.69, 9.17) is 4.74 Å². The number of hydrogen-bond acceptors (Lipinski definition) is 5. The summed E-state index contributed by atoms with van der Waals surface area (Å²) in [6.07, 6.45) is 1.06. The van der Waals surface area contributed by atoms with Crippen LogP contribution in [0.5, 0.6) is 0 Å². The largest absolute Gasteiger partial charge is 0.461 e. The Morgan fingerprint density at radius 1 is 1.50 bits per heavy atom. The number of nitrogens with zero attached hydrogens (tertiary/aromatic N) is 1. The van der Waals surface area contributed by atoms with Crippen molar-refractivity contribution in [3.8, 4) is 0 Å². The van der Waals surface area contributed by atoms with E-state index in [9.17, 15) is 9.59 Å². The van der Waals surface area contributed by atoms with Gasteiger partial charge in [-0.3, -0.25) is 4.79 Å². The summed E-state index contributed by atoms with van der Waals surface area (Å²) in [7, 11) is 0. The maximum Gasteiger partial charge on any atom is 0.358 e. The smallest absolute Gasteiger partial charge is 0.358 e. The van der Waals surface area contributed by atoms with Crippen LogP contribution in [0.25, 0.3) is 0 Å². The third-order valence-electron chi connectivity index (χ3n) is 3.24. The fraction of sp³-hybridized carbons (Fsp3) is 0.615. The van der Waals surface area contributed by atoms with Gasteiger partial charge in [0.1, 0.15) is 4.88 Å². The van der Waals surface area contributed by atoms with E-state index in [1.165, 1.54) is 18.3 Å². The molecule has 1 aliphatic carbocycles. The zero-order valence-electron chi connectivity index (χ0n) is 11.1. The summed E-state index contributed by atoms with van der Waals surface area (Å²) < 4.78 is 4.94. The Bertz CT molecular complexity index is 504. The Labute approximate surface area is 110 Å². The second-order valence-corrected chi connectivity index (χ2v) is 6.28. The van der Waals surface area contributed by atoms with E-state index in [-0.39, 0.29) is 23.5 Å². The van der Waals surface area contributed by atoms with Crippen molar-refractivity contribution in [2.75, 3.05) is 6.61 Å². The molecule has 5 heteroatoms. The number of carbonyl (C=O) groups excluding carboxylic acids is 2. The number of Topliss-reactive ketones (excluding diaryl/α,β-unsaturated/α-hetero) is 1. The third-order valence-corrected chi connectivity index (χ3v) is 4.51. The minimum atomic E-state index is -0.497. The first-order chi connectivity index (χ1) is 8.36. The van der Waals surface area contributed by atoms with E-state index in [2.05, 4.69) is 18.8 Å². The quantitative estimate of drug-likeness (QED) is 0.621. The highest BCUT2D eigenvalue weighted by Crippen LogP contribution is 2.59. The van der Waals surface area contributed by atoms with Crippen LogP contribution in [0.15, 0.2) is 0 Å². The molecule has 0 N–H and O–H groups in total. The van der Waals surface area contributed by atoms with Gasteiger partial charge in [-0.05, 0) is 18.8 Å². The molecule has 1 unspecified atom stereocenters. The van der Waals surface area contributed by atoms with Gasteiger partial charge in [0.2, 0.25) is 0 Å². The average molecular weight is 267 g/mol. The van der Waals surface area contributed by atoms with Gasteiger partial charge in [-0.15, -0.1) is 11.3 Å². The van der Waals surface area contributed by atoms with E-state index < -0.39 is 5.97 Å². The summed E-state index contributed by atoms with van der Waals surface area (Å²) in [5.74, 6) is -0.257. The van der Waals surface area contributed by atoms with Crippen molar-refractivity contribution >= 4 is 23.1 Å². The number of esters is 1. The molecule has 2 rings (SSSR count). The van der Waals surface area contributed by atoms with Gasteiger partial charge in [-0.2, -0.15) is 0 Å². The summed E-state index contributed by atoms with van der Waals surface area (Å²) >= 11 is 1.33. The molecule has 0 bridgehead atoms. The summed E-state index contributed by atoms with van der Waals surface area (Å²) in [5.41, 5.74) is 0.421. The lowest BCUT2D eigenvalue weighted by Crippen LogP contribution is -2.09. The van der Waals surface area contributed by atoms with Gasteiger partial charge in [-0.25, -0.2) is 9.78 Å². The maximum atomic E-state index is 11.8. The standard InChI is InChI=1S/C13H17NO3S/c1-5-17-12(16)9-10(7(2)15)18-11(14-9)8-6-13(8,3)4/h8H,5-6H2,1-4H3. The van der Waals surface area contributed by atoms with E-state index in [0.717, 1.165) is 11.4 Å². The van der Waals surface area contributed by atoms with Crippen molar-refractivity contribution in [2.45, 2.75) is 40.0 Å². The number of rotatable bonds is 4. The molecule has 0 spiro atoms. The van der Waals surface area contributed by atoms with Gasteiger partial charge >= 0.3 is 5.97 Å². The minimum absolute atomic E-state index is 0.125. The lowest BCUT2D eigenvalue weighted by molar-refractivity contribution is 0.0517. The molecule has 0 aliphatic heterocycles. The molecule has 18 heavy (non-hydrogen) atoms. The van der Waals surface area contributed by atoms with Crippen LogP contribution in [-0.4, -0.2) is 23.3 Å². The zero-order valence-corrected chi connectivity index (χ0v) is 11.9. The van der Waals surface area contributed by atoms with E-state index in [1.54, 1.807) is 6.92 Å². The van der Waals surface area contributed by atoms with Crippen LogP contribution in [0.2, 0.25) is 0 Å². The lowest BCUT2D eigenvalue weighted by Gasteiger charge is -1.99. The second kappa shape index (κ2) is 4.46. The average Bonchev–Trinajstić information content (AvgIpc) is 2.76. The van der Waals surface area contributed by atoms with Crippen LogP contribution in [0.1, 0.15) is 65.2 Å². The molecule has 4 nitrogen and oxygen atoms in total. The molecule has 1 fully saturated rings. The predicted molar refractivity (Wildman–Crippen MR) is 69.2 cm³/mol. The SMILES string of the molecule is CCOC(=O)c1nc(C2CC2(C)C)sc1C(C)=O. The molecule has 98 valence electrons. The highest BCUT2D eigenvalue weighted by Gasteiger charge is 2.49. The first kappa shape index (κ1) is 13.2. The summed E-state index contributed by atoms with van der Waals surface area (Å²) in [4.78, 5) is 28.1. The molecule has 1 saturated carbocycles. The molecular formula is C13H17NO3S. The monoisotopic (exact) mass is 267 g/mol. The Morgan fingerprint density at radius 2 is 2.11 bits per heavy atom. The third kappa shape index (κ3) is 2.32. The highest BCUT2D eigenvalue weighted by molar-refractivity contribution is 7.14. The number of thiazole rings is 1. The number of carbonyl (C=O) groups is 2. The van der Waals surface area contributed by atoms with Crippen LogP contribution in [0.3, 0.4) is 0 Å². The molecule has 0 aromatic carbocycles. The second-order valence-electron chi connectivity index (χ2n) is 5.25. The zero-order chi connectivity index (χ0) is 13.5. The topological polar surface area (TPSA) is 56.3 Å². The first-order valence-electron chi connectivity index (χ1n) is 6.05. The minimum Gasteiger partial charge on any atom is -0.461 e. The molecule has 1 aromatic heterocycles. The molecule has 0 radical (unpaired) electrons. The molecule has 1 aliphatic rings. The van der Waals surface area contributed by atoms with Crippen LogP contribution in [0, 0.1) is 5.41 Å². The van der Waals surface area contributed by atoms with Crippen molar-refractivity contribution in [2.24, 2.45) is 5.41 Å². The Hall–Kier alpha value is -1.23. The Morgan fingerprint density at radius 3 is 2.56 bits per heavy atom. The Kier molecular flexibility index (Phi) is 3.27. The molecule has 1 heterocycles. The first-order valence-corrected chi connectivity index (χ1v) is 6.87. The Balaban J connectivity index is 2.33. The lowest BCUT2D eigenvalue weighted by atomic mass is 10.1. The van der Waals surface area contributed by atoms with E-state index in [1.807, 2.05) is 0 Å². The van der Waals surface area contributed by atoms with Gasteiger partial charge in [0.15, 0.2) is 11.5 Å². The molecule has 1 aromatic rings. The highest BCUT2D eigenvalue weighted by atomic mass is 32.1. The fourth-order valence-corrected chi connectivity index (χ4v) is 3.21. The molecule has 0 amide bonds. The van der Waals surface area contributed by atoms with Gasteiger partial charge in [0.25, 0.3) is 0 Å². The van der Waals surface area contributed by atoms with Crippen LogP contribution in [0.4, 0.5) is 0 Å². The van der Waals surface area contributed by atoms with Crippen molar-refractivity contribution < 1.29 is 14.3 Å². The van der Waals surface area contributed by atoms with Crippen molar-refractivity contribution in [1.29, 1.82) is 0 Å². The summed E-state index contributed by atoms with van der Waals surface area (Å²) in [6.45, 7) is 7.81. The van der Waals surface area contributed by atoms with Gasteiger partial charge < -0.3 is 4.74 Å². The number of ether oxygens (including phenoxy) is 1. The van der Waals surface area contributed by atoms with Crippen LogP contribution < -0.4 is 0 Å². The van der Waals surface area contributed by atoms with Crippen LogP contribution >= 0.6 is 11.3 Å². The van der Waals surface area contributed by atoms with Gasteiger partial charge in [0.05, 0.1) is 11.6 Å².